The molecule has 0 saturated heterocycles. The molecule has 0 aliphatic carbocycles. The van der Waals surface area contributed by atoms with Crippen LogP contribution in [0.1, 0.15) is 0 Å². The van der Waals surface area contributed by atoms with Crippen molar-refractivity contribution in [2.45, 2.75) is 0 Å². The number of benzene rings is 1. The Morgan fingerprint density at radius 3 is 1.32 bits per heavy atom. The lowest BCUT2D eigenvalue weighted by molar-refractivity contribution is 0.299. The minimum Gasteiger partial charge on any atom is -0.326 e. The van der Waals surface area contributed by atoms with Crippen LogP contribution in [0.25, 0.3) is 0 Å². The summed E-state index contributed by atoms with van der Waals surface area (Å²) < 4.78 is 23.8. The number of hydrogen-bond donors (Lipinski definition) is 0. The van der Waals surface area contributed by atoms with E-state index in [0.717, 1.165) is 5.30 Å². The average Bonchev–Trinajstić information content (AvgIpc) is 2.66. The van der Waals surface area contributed by atoms with Crippen molar-refractivity contribution in [1.29, 1.82) is 0 Å². The Morgan fingerprint density at radius 1 is 0.640 bits per heavy atom. The molecule has 4 nitrogen and oxygen atoms in total. The standard InChI is InChI=1S/C18H25O4P3/c1-5-14-19-24(20-15-6-2)23(18-12-10-9-11-13-18)25(21-16-7-3)22-17-8-4/h5-13H,1-4,14-17H2. The molecule has 0 N–H and O–H groups in total. The first-order valence-corrected chi connectivity index (χ1v) is 12.8. The van der Waals surface area contributed by atoms with E-state index in [0.29, 0.717) is 26.4 Å². The molecule has 0 saturated carbocycles. The fraction of sp³-hybridized carbons (Fsp3) is 0.222. The molecule has 0 radical (unpaired) electrons. The van der Waals surface area contributed by atoms with E-state index in [-0.39, 0.29) is 0 Å². The van der Waals surface area contributed by atoms with E-state index in [1.807, 2.05) is 18.2 Å². The van der Waals surface area contributed by atoms with Gasteiger partial charge in [-0.15, -0.1) is 26.3 Å². The minimum atomic E-state index is -1.25. The zero-order chi connectivity index (χ0) is 18.3. The molecule has 1 rings (SSSR count). The molecule has 0 aliphatic rings. The van der Waals surface area contributed by atoms with Crippen LogP contribution in [0.15, 0.2) is 81.0 Å². The predicted octanol–water partition coefficient (Wildman–Crippen LogP) is 6.06. The zero-order valence-electron chi connectivity index (χ0n) is 14.3. The SMILES string of the molecule is C=CCOP(OCC=C)P(c1ccccc1)P(OCC=C)OCC=C. The summed E-state index contributed by atoms with van der Waals surface area (Å²) in [5.74, 6) is 0. The van der Waals surface area contributed by atoms with Crippen LogP contribution >= 0.6 is 23.4 Å². The molecular weight excluding hydrogens is 373 g/mol. The monoisotopic (exact) mass is 398 g/mol. The lowest BCUT2D eigenvalue weighted by atomic mass is 10.4. The Morgan fingerprint density at radius 2 is 1.00 bits per heavy atom. The van der Waals surface area contributed by atoms with E-state index in [4.69, 9.17) is 18.1 Å². The molecule has 0 atom stereocenters. The molecule has 25 heavy (non-hydrogen) atoms. The highest BCUT2D eigenvalue weighted by atomic mass is 32.5. The Kier molecular flexibility index (Phi) is 12.9. The summed E-state index contributed by atoms with van der Waals surface area (Å²) in [4.78, 5) is 0. The van der Waals surface area contributed by atoms with Gasteiger partial charge in [0.25, 0.3) is 0 Å². The average molecular weight is 398 g/mol. The molecule has 0 fully saturated rings. The van der Waals surface area contributed by atoms with E-state index < -0.39 is 23.4 Å². The molecule has 1 aromatic rings. The highest BCUT2D eigenvalue weighted by molar-refractivity contribution is 8.59. The Bertz CT molecular complexity index is 472. The van der Waals surface area contributed by atoms with Crippen LogP contribution in [0.4, 0.5) is 0 Å². The highest BCUT2D eigenvalue weighted by Gasteiger charge is 2.36. The molecule has 1 aromatic carbocycles. The Labute approximate surface area is 154 Å². The molecule has 0 amide bonds. The first-order valence-electron chi connectivity index (χ1n) is 7.69. The fourth-order valence-electron chi connectivity index (χ4n) is 1.57. The van der Waals surface area contributed by atoms with Crippen molar-refractivity contribution in [2.75, 3.05) is 26.4 Å². The number of rotatable bonds is 15. The summed E-state index contributed by atoms with van der Waals surface area (Å²) in [5, 5.41) is 1.11. The maximum Gasteiger partial charge on any atom is 0.210 e. The van der Waals surface area contributed by atoms with Gasteiger partial charge in [0, 0.05) is 0 Å². The van der Waals surface area contributed by atoms with Crippen LogP contribution in [-0.2, 0) is 18.1 Å². The second-order valence-corrected chi connectivity index (χ2v) is 12.8. The second-order valence-electron chi connectivity index (χ2n) is 4.44. The van der Waals surface area contributed by atoms with E-state index in [9.17, 15) is 0 Å². The van der Waals surface area contributed by atoms with E-state index in [1.54, 1.807) is 24.3 Å². The first kappa shape index (κ1) is 22.4. The van der Waals surface area contributed by atoms with Crippen molar-refractivity contribution < 1.29 is 18.1 Å². The molecular formula is C18H25O4P3. The van der Waals surface area contributed by atoms with Gasteiger partial charge < -0.3 is 18.1 Å². The van der Waals surface area contributed by atoms with Crippen molar-refractivity contribution in [3.05, 3.63) is 81.0 Å². The normalized spacial score (nSPS) is 11.0. The third-order valence-electron chi connectivity index (χ3n) is 2.51. The molecule has 0 aromatic heterocycles. The van der Waals surface area contributed by atoms with Gasteiger partial charge in [-0.05, 0) is 5.30 Å². The van der Waals surface area contributed by atoms with E-state index in [2.05, 4.69) is 38.4 Å². The van der Waals surface area contributed by atoms with Gasteiger partial charge in [0.15, 0.2) is 0 Å². The summed E-state index contributed by atoms with van der Waals surface area (Å²) in [6, 6.07) is 10.1. The van der Waals surface area contributed by atoms with Crippen molar-refractivity contribution in [3.63, 3.8) is 0 Å². The summed E-state index contributed by atoms with van der Waals surface area (Å²) in [5.41, 5.74) is 0. The largest absolute Gasteiger partial charge is 0.326 e. The predicted molar refractivity (Wildman–Crippen MR) is 111 cm³/mol. The van der Waals surface area contributed by atoms with E-state index in [1.165, 1.54) is 0 Å². The molecule has 0 bridgehead atoms. The molecule has 136 valence electrons. The summed E-state index contributed by atoms with van der Waals surface area (Å²) in [6.45, 7) is 16.5. The van der Waals surface area contributed by atoms with Crippen molar-refractivity contribution in [2.24, 2.45) is 0 Å². The van der Waals surface area contributed by atoms with Crippen LogP contribution in [0, 0.1) is 0 Å². The molecule has 0 heterocycles. The highest BCUT2D eigenvalue weighted by Crippen LogP contribution is 2.87. The Balaban J connectivity index is 3.15. The van der Waals surface area contributed by atoms with Gasteiger partial charge in [-0.1, -0.05) is 54.6 Å². The maximum absolute atomic E-state index is 5.96. The van der Waals surface area contributed by atoms with Gasteiger partial charge >= 0.3 is 0 Å². The molecule has 0 spiro atoms. The quantitative estimate of drug-likeness (QED) is 0.266. The lowest BCUT2D eigenvalue weighted by Gasteiger charge is -2.30. The van der Waals surface area contributed by atoms with Crippen LogP contribution in [0.5, 0.6) is 0 Å². The second kappa shape index (κ2) is 14.5. The van der Waals surface area contributed by atoms with Gasteiger partial charge in [0.05, 0.1) is 33.7 Å². The molecule has 7 heteroatoms. The van der Waals surface area contributed by atoms with E-state index >= 15 is 0 Å². The maximum atomic E-state index is 5.96. The fourth-order valence-corrected chi connectivity index (χ4v) is 11.4. The van der Waals surface area contributed by atoms with Crippen molar-refractivity contribution in [1.82, 2.24) is 0 Å². The van der Waals surface area contributed by atoms with Gasteiger partial charge in [-0.25, -0.2) is 0 Å². The summed E-state index contributed by atoms with van der Waals surface area (Å²) >= 11 is 0. The minimum absolute atomic E-state index is 0.403. The van der Waals surface area contributed by atoms with Crippen LogP contribution < -0.4 is 5.30 Å². The molecule has 0 unspecified atom stereocenters. The van der Waals surface area contributed by atoms with Gasteiger partial charge in [-0.2, -0.15) is 0 Å². The van der Waals surface area contributed by atoms with Crippen LogP contribution in [0.3, 0.4) is 0 Å². The van der Waals surface area contributed by atoms with Gasteiger partial charge in [0.1, 0.15) is 0 Å². The van der Waals surface area contributed by atoms with Gasteiger partial charge in [-0.3, -0.25) is 0 Å². The van der Waals surface area contributed by atoms with Crippen molar-refractivity contribution >= 4 is 28.7 Å². The third kappa shape index (κ3) is 8.49. The van der Waals surface area contributed by atoms with Gasteiger partial charge in [0.2, 0.25) is 16.1 Å². The smallest absolute Gasteiger partial charge is 0.210 e. The van der Waals surface area contributed by atoms with Crippen LogP contribution in [-0.4, -0.2) is 26.4 Å². The summed E-state index contributed by atoms with van der Waals surface area (Å²) in [6.07, 6.45) is 6.84. The van der Waals surface area contributed by atoms with Crippen LogP contribution in [0.2, 0.25) is 0 Å². The topological polar surface area (TPSA) is 36.9 Å². The van der Waals surface area contributed by atoms with Crippen molar-refractivity contribution in [3.8, 4) is 0 Å². The third-order valence-corrected chi connectivity index (χ3v) is 12.6. The number of hydrogen-bond acceptors (Lipinski definition) is 4. The summed E-state index contributed by atoms with van der Waals surface area (Å²) in [7, 11) is -3.48. The first-order chi connectivity index (χ1) is 12.3. The zero-order valence-corrected chi connectivity index (χ0v) is 17.0. The lowest BCUT2D eigenvalue weighted by Crippen LogP contribution is -2.04. The molecule has 0 aliphatic heterocycles. The Hall–Kier alpha value is -0.690.